The lowest BCUT2D eigenvalue weighted by atomic mass is 9.66. The smallest absolute Gasteiger partial charge is 0.378 e. The molecular weight excluding hydrogens is 321 g/mol. The first kappa shape index (κ1) is 18.0. The summed E-state index contributed by atoms with van der Waals surface area (Å²) >= 11 is 0. The maximum atomic E-state index is 12.7. The Morgan fingerprint density at radius 1 is 1.21 bits per heavy atom. The first-order chi connectivity index (χ1) is 11.3. The van der Waals surface area contributed by atoms with Crippen molar-refractivity contribution < 1.29 is 22.7 Å². The minimum atomic E-state index is -4.10. The number of halogens is 3. The van der Waals surface area contributed by atoms with Gasteiger partial charge in [0.25, 0.3) is 0 Å². The summed E-state index contributed by atoms with van der Waals surface area (Å²) in [5.74, 6) is -1.14. The van der Waals surface area contributed by atoms with Crippen molar-refractivity contribution in [2.75, 3.05) is 39.3 Å². The zero-order valence-electron chi connectivity index (χ0n) is 14.3. The number of piperidine rings is 1. The van der Waals surface area contributed by atoms with E-state index in [1.807, 2.05) is 16.7 Å². The summed E-state index contributed by atoms with van der Waals surface area (Å²) in [5.41, 5.74) is 0.235. The maximum absolute atomic E-state index is 12.7. The molecule has 0 atom stereocenters. The lowest BCUT2D eigenvalue weighted by Crippen LogP contribution is -2.47. The molecule has 0 radical (unpaired) electrons. The van der Waals surface area contributed by atoms with Crippen LogP contribution in [0, 0.1) is 11.3 Å². The number of hydrogen-bond donors (Lipinski definition) is 0. The van der Waals surface area contributed by atoms with Crippen molar-refractivity contribution in [3.63, 3.8) is 0 Å². The van der Waals surface area contributed by atoms with Crippen molar-refractivity contribution >= 4 is 5.91 Å². The Hall–Kier alpha value is -0.820. The van der Waals surface area contributed by atoms with Crippen molar-refractivity contribution in [1.82, 2.24) is 9.80 Å². The number of ether oxygens (including phenoxy) is 1. The van der Waals surface area contributed by atoms with Crippen LogP contribution in [0.4, 0.5) is 13.2 Å². The lowest BCUT2D eigenvalue weighted by Gasteiger charge is -2.44. The van der Waals surface area contributed by atoms with Crippen LogP contribution in [-0.4, -0.2) is 67.3 Å². The second kappa shape index (κ2) is 6.83. The topological polar surface area (TPSA) is 32.8 Å². The number of likely N-dealkylation sites (tertiary alicyclic amines) is 2. The van der Waals surface area contributed by atoms with Gasteiger partial charge in [-0.2, -0.15) is 13.2 Å². The highest BCUT2D eigenvalue weighted by Crippen LogP contribution is 2.49. The molecule has 3 fully saturated rings. The molecular formula is C17H27F3N2O2. The zero-order valence-corrected chi connectivity index (χ0v) is 14.3. The molecule has 4 nitrogen and oxygen atoms in total. The second-order valence-electron chi connectivity index (χ2n) is 7.64. The molecule has 2 aliphatic heterocycles. The predicted octanol–water partition coefficient (Wildman–Crippen LogP) is 2.68. The van der Waals surface area contributed by atoms with Crippen LogP contribution < -0.4 is 0 Å². The van der Waals surface area contributed by atoms with Crippen molar-refractivity contribution in [2.45, 2.75) is 51.3 Å². The third-order valence-electron chi connectivity index (χ3n) is 5.92. The number of amides is 1. The average molecular weight is 348 g/mol. The van der Waals surface area contributed by atoms with Crippen molar-refractivity contribution in [1.29, 1.82) is 0 Å². The van der Waals surface area contributed by atoms with Gasteiger partial charge in [0.15, 0.2) is 0 Å². The van der Waals surface area contributed by atoms with Gasteiger partial charge in [0, 0.05) is 19.7 Å². The fourth-order valence-electron chi connectivity index (χ4n) is 4.45. The quantitative estimate of drug-likeness (QED) is 0.783. The average Bonchev–Trinajstić information content (AvgIpc) is 2.92. The third kappa shape index (κ3) is 3.87. The van der Waals surface area contributed by atoms with Crippen LogP contribution >= 0.6 is 0 Å². The van der Waals surface area contributed by atoms with Gasteiger partial charge < -0.3 is 9.64 Å². The molecule has 1 aliphatic carbocycles. The molecule has 2 saturated heterocycles. The van der Waals surface area contributed by atoms with Gasteiger partial charge in [0.2, 0.25) is 5.91 Å². The highest BCUT2D eigenvalue weighted by molar-refractivity contribution is 5.78. The van der Waals surface area contributed by atoms with Gasteiger partial charge in [-0.3, -0.25) is 9.69 Å². The molecule has 138 valence electrons. The number of rotatable bonds is 4. The monoisotopic (exact) mass is 348 g/mol. The summed E-state index contributed by atoms with van der Waals surface area (Å²) in [6.07, 6.45) is -0.458. The normalized spacial score (nSPS) is 32.3. The highest BCUT2D eigenvalue weighted by atomic mass is 19.4. The van der Waals surface area contributed by atoms with Crippen LogP contribution in [0.25, 0.3) is 0 Å². The first-order valence-electron chi connectivity index (χ1n) is 9.00. The summed E-state index contributed by atoms with van der Waals surface area (Å²) in [4.78, 5) is 16.2. The summed E-state index contributed by atoms with van der Waals surface area (Å²) < 4.78 is 43.7. The number of hydrogen-bond acceptors (Lipinski definition) is 3. The van der Waals surface area contributed by atoms with E-state index in [1.54, 1.807) is 0 Å². The van der Waals surface area contributed by atoms with Gasteiger partial charge in [0.05, 0.1) is 18.6 Å². The molecule has 0 N–H and O–H groups in total. The van der Waals surface area contributed by atoms with Gasteiger partial charge in [-0.05, 0) is 57.5 Å². The Kier molecular flexibility index (Phi) is 5.12. The Balaban J connectivity index is 1.41. The van der Waals surface area contributed by atoms with E-state index < -0.39 is 12.1 Å². The van der Waals surface area contributed by atoms with Gasteiger partial charge in [-0.15, -0.1) is 0 Å². The summed E-state index contributed by atoms with van der Waals surface area (Å²) in [7, 11) is 0. The summed E-state index contributed by atoms with van der Waals surface area (Å²) in [5, 5.41) is 0. The molecule has 0 aromatic carbocycles. The van der Waals surface area contributed by atoms with Crippen LogP contribution in [0.15, 0.2) is 0 Å². The molecule has 0 unspecified atom stereocenters. The molecule has 1 saturated carbocycles. The van der Waals surface area contributed by atoms with Crippen LogP contribution in [0.3, 0.4) is 0 Å². The highest BCUT2D eigenvalue weighted by Gasteiger charge is 2.50. The van der Waals surface area contributed by atoms with E-state index in [4.69, 9.17) is 4.74 Å². The standard InChI is InChI=1S/C17H27F3N2O2/c1-2-24-14-9-16(10-14)5-8-22(12-16)15(23)11-21-6-3-13(4-7-21)17(18,19)20/h13-14H,2-12H2,1H3. The molecule has 0 aromatic heterocycles. The van der Waals surface area contributed by atoms with Crippen molar-refractivity contribution in [2.24, 2.45) is 11.3 Å². The van der Waals surface area contributed by atoms with Crippen molar-refractivity contribution in [3.8, 4) is 0 Å². The summed E-state index contributed by atoms with van der Waals surface area (Å²) in [6.45, 7) is 5.28. The second-order valence-corrected chi connectivity index (χ2v) is 7.64. The maximum Gasteiger partial charge on any atom is 0.391 e. The molecule has 7 heteroatoms. The van der Waals surface area contributed by atoms with Crippen LogP contribution in [0.1, 0.15) is 39.0 Å². The van der Waals surface area contributed by atoms with Gasteiger partial charge in [-0.1, -0.05) is 0 Å². The van der Waals surface area contributed by atoms with E-state index in [0.29, 0.717) is 19.2 Å². The lowest BCUT2D eigenvalue weighted by molar-refractivity contribution is -0.185. The summed E-state index contributed by atoms with van der Waals surface area (Å²) in [6, 6.07) is 0. The van der Waals surface area contributed by atoms with E-state index in [-0.39, 0.29) is 30.7 Å². The molecule has 3 rings (SSSR count). The molecule has 24 heavy (non-hydrogen) atoms. The number of carbonyl (C=O) groups excluding carboxylic acids is 1. The fourth-order valence-corrected chi connectivity index (χ4v) is 4.45. The molecule has 1 amide bonds. The van der Waals surface area contributed by atoms with Gasteiger partial charge in [-0.25, -0.2) is 0 Å². The molecule has 1 spiro atoms. The van der Waals surface area contributed by atoms with E-state index in [1.165, 1.54) is 0 Å². The minimum Gasteiger partial charge on any atom is -0.378 e. The van der Waals surface area contributed by atoms with Crippen molar-refractivity contribution in [3.05, 3.63) is 0 Å². The number of nitrogens with zero attached hydrogens (tertiary/aromatic N) is 2. The SMILES string of the molecule is CCOC1CC2(CCN(C(=O)CN3CCC(C(F)(F)F)CC3)C2)C1. The van der Waals surface area contributed by atoms with Crippen LogP contribution in [0.5, 0.6) is 0 Å². The van der Waals surface area contributed by atoms with E-state index in [2.05, 4.69) is 0 Å². The van der Waals surface area contributed by atoms with E-state index >= 15 is 0 Å². The first-order valence-corrected chi connectivity index (χ1v) is 9.00. The molecule has 2 heterocycles. The van der Waals surface area contributed by atoms with Crippen LogP contribution in [-0.2, 0) is 9.53 Å². The largest absolute Gasteiger partial charge is 0.391 e. The zero-order chi connectivity index (χ0) is 17.4. The fraction of sp³-hybridized carbons (Fsp3) is 0.941. The Bertz CT molecular complexity index is 455. The number of carbonyl (C=O) groups is 1. The van der Waals surface area contributed by atoms with Gasteiger partial charge >= 0.3 is 6.18 Å². The minimum absolute atomic E-state index is 0.0668. The Labute approximate surface area is 141 Å². The predicted molar refractivity (Wildman–Crippen MR) is 83.5 cm³/mol. The number of alkyl halides is 3. The third-order valence-corrected chi connectivity index (χ3v) is 5.92. The van der Waals surface area contributed by atoms with Crippen LogP contribution in [0.2, 0.25) is 0 Å². The molecule has 0 bridgehead atoms. The molecule has 3 aliphatic rings. The Morgan fingerprint density at radius 3 is 2.46 bits per heavy atom. The molecule has 0 aromatic rings. The Morgan fingerprint density at radius 2 is 1.88 bits per heavy atom. The van der Waals surface area contributed by atoms with E-state index in [9.17, 15) is 18.0 Å². The van der Waals surface area contributed by atoms with Gasteiger partial charge in [0.1, 0.15) is 0 Å². The van der Waals surface area contributed by atoms with E-state index in [0.717, 1.165) is 39.0 Å².